The lowest BCUT2D eigenvalue weighted by Crippen LogP contribution is -2.19. The molecule has 0 saturated heterocycles. The van der Waals surface area contributed by atoms with Gasteiger partial charge in [-0.15, -0.1) is 0 Å². The third kappa shape index (κ3) is 3.24. The molecule has 88 valence electrons. The van der Waals surface area contributed by atoms with Crippen LogP contribution >= 0.6 is 0 Å². The minimum absolute atomic E-state index is 0.0413. The van der Waals surface area contributed by atoms with E-state index in [9.17, 15) is 4.79 Å². The lowest BCUT2D eigenvalue weighted by atomic mass is 10.0. The van der Waals surface area contributed by atoms with Gasteiger partial charge in [-0.25, -0.2) is 0 Å². The Morgan fingerprint density at radius 1 is 1.56 bits per heavy atom. The van der Waals surface area contributed by atoms with Gasteiger partial charge in [-0.2, -0.15) is 0 Å². The molecule has 0 spiro atoms. The van der Waals surface area contributed by atoms with Gasteiger partial charge in [0.1, 0.15) is 5.75 Å². The van der Waals surface area contributed by atoms with Crippen molar-refractivity contribution in [2.75, 3.05) is 12.4 Å². The van der Waals surface area contributed by atoms with E-state index in [1.54, 1.807) is 7.11 Å². The number of rotatable bonds is 4. The molecule has 0 radical (unpaired) electrons. The Balaban J connectivity index is 3.09. The Morgan fingerprint density at radius 2 is 2.25 bits per heavy atom. The zero-order valence-electron chi connectivity index (χ0n) is 9.91. The van der Waals surface area contributed by atoms with E-state index in [0.29, 0.717) is 12.2 Å². The van der Waals surface area contributed by atoms with Gasteiger partial charge in [0.2, 0.25) is 5.91 Å². The van der Waals surface area contributed by atoms with E-state index in [1.807, 2.05) is 25.1 Å². The smallest absolute Gasteiger partial charge is 0.221 e. The van der Waals surface area contributed by atoms with Crippen molar-refractivity contribution in [2.24, 2.45) is 5.73 Å². The van der Waals surface area contributed by atoms with Gasteiger partial charge in [-0.1, -0.05) is 12.1 Å². The minimum atomic E-state index is -0.115. The highest BCUT2D eigenvalue weighted by Gasteiger charge is 2.11. The average Bonchev–Trinajstić information content (AvgIpc) is 2.19. The molecule has 1 atom stereocenters. The second-order valence-corrected chi connectivity index (χ2v) is 3.86. The summed E-state index contributed by atoms with van der Waals surface area (Å²) in [7, 11) is 1.58. The van der Waals surface area contributed by atoms with E-state index in [-0.39, 0.29) is 11.9 Å². The van der Waals surface area contributed by atoms with Gasteiger partial charge in [-0.05, 0) is 25.0 Å². The quantitative estimate of drug-likeness (QED) is 0.812. The topological polar surface area (TPSA) is 64.3 Å². The molecule has 0 aromatic heterocycles. The fourth-order valence-electron chi connectivity index (χ4n) is 1.58. The fraction of sp³-hybridized carbons (Fsp3) is 0.417. The van der Waals surface area contributed by atoms with Crippen LogP contribution in [-0.2, 0) is 11.2 Å². The maximum atomic E-state index is 11.1. The lowest BCUT2D eigenvalue weighted by Gasteiger charge is -2.15. The third-order valence-corrected chi connectivity index (χ3v) is 2.18. The highest BCUT2D eigenvalue weighted by molar-refractivity contribution is 5.91. The minimum Gasteiger partial charge on any atom is -0.495 e. The first-order chi connectivity index (χ1) is 7.54. The molecule has 1 aromatic rings. The number of hydrogen-bond donors (Lipinski definition) is 2. The summed E-state index contributed by atoms with van der Waals surface area (Å²) in [5.41, 5.74) is 7.47. The molecule has 1 aromatic carbocycles. The van der Waals surface area contributed by atoms with Crippen LogP contribution in [0.15, 0.2) is 18.2 Å². The Kier molecular flexibility index (Phi) is 4.31. The molecule has 0 saturated carbocycles. The first kappa shape index (κ1) is 12.5. The summed E-state index contributed by atoms with van der Waals surface area (Å²) < 4.78 is 5.21. The molecule has 0 heterocycles. The first-order valence-electron chi connectivity index (χ1n) is 5.23. The first-order valence-corrected chi connectivity index (χ1v) is 5.23. The lowest BCUT2D eigenvalue weighted by molar-refractivity contribution is -0.114. The molecular weight excluding hydrogens is 204 g/mol. The van der Waals surface area contributed by atoms with E-state index in [0.717, 1.165) is 11.3 Å². The van der Waals surface area contributed by atoms with Crippen molar-refractivity contribution in [1.29, 1.82) is 0 Å². The van der Waals surface area contributed by atoms with Gasteiger partial charge < -0.3 is 15.8 Å². The number of nitrogens with one attached hydrogen (secondary N) is 1. The number of para-hydroxylation sites is 1. The molecule has 4 heteroatoms. The summed E-state index contributed by atoms with van der Waals surface area (Å²) in [4.78, 5) is 11.1. The third-order valence-electron chi connectivity index (χ3n) is 2.18. The molecule has 1 rings (SSSR count). The zero-order chi connectivity index (χ0) is 12.1. The normalized spacial score (nSPS) is 12.0. The average molecular weight is 222 g/mol. The monoisotopic (exact) mass is 222 g/mol. The maximum Gasteiger partial charge on any atom is 0.221 e. The van der Waals surface area contributed by atoms with Gasteiger partial charge in [0.05, 0.1) is 12.8 Å². The Labute approximate surface area is 95.8 Å². The number of carbonyl (C=O) groups is 1. The number of ether oxygens (including phenoxy) is 1. The van der Waals surface area contributed by atoms with E-state index in [4.69, 9.17) is 10.5 Å². The fourth-order valence-corrected chi connectivity index (χ4v) is 1.58. The molecule has 0 bridgehead atoms. The van der Waals surface area contributed by atoms with Crippen LogP contribution in [0.1, 0.15) is 19.4 Å². The molecule has 0 aliphatic heterocycles. The Hall–Kier alpha value is -1.55. The predicted octanol–water partition coefficient (Wildman–Crippen LogP) is 1.54. The number of methoxy groups -OCH3 is 1. The van der Waals surface area contributed by atoms with Crippen LogP contribution in [0.5, 0.6) is 5.75 Å². The zero-order valence-corrected chi connectivity index (χ0v) is 9.91. The van der Waals surface area contributed by atoms with Crippen molar-refractivity contribution < 1.29 is 9.53 Å². The number of carbonyl (C=O) groups excluding carboxylic acids is 1. The van der Waals surface area contributed by atoms with Crippen LogP contribution in [0.25, 0.3) is 0 Å². The number of amides is 1. The van der Waals surface area contributed by atoms with E-state index in [2.05, 4.69) is 5.32 Å². The van der Waals surface area contributed by atoms with E-state index >= 15 is 0 Å². The second-order valence-electron chi connectivity index (χ2n) is 3.86. The summed E-state index contributed by atoms with van der Waals surface area (Å²) >= 11 is 0. The van der Waals surface area contributed by atoms with Crippen LogP contribution in [0.2, 0.25) is 0 Å². The summed E-state index contributed by atoms with van der Waals surface area (Å²) in [6.45, 7) is 3.40. The van der Waals surface area contributed by atoms with Gasteiger partial charge in [-0.3, -0.25) is 4.79 Å². The highest BCUT2D eigenvalue weighted by atomic mass is 16.5. The largest absolute Gasteiger partial charge is 0.495 e. The van der Waals surface area contributed by atoms with Crippen molar-refractivity contribution in [1.82, 2.24) is 0 Å². The van der Waals surface area contributed by atoms with Crippen LogP contribution in [0.4, 0.5) is 5.69 Å². The maximum absolute atomic E-state index is 11.1. The molecule has 0 aliphatic rings. The number of nitrogens with two attached hydrogens (primary N) is 1. The van der Waals surface area contributed by atoms with Gasteiger partial charge >= 0.3 is 0 Å². The van der Waals surface area contributed by atoms with Crippen molar-refractivity contribution in [3.8, 4) is 5.75 Å². The highest BCUT2D eigenvalue weighted by Crippen LogP contribution is 2.29. The standard InChI is InChI=1S/C12H18N2O2/c1-8(13)7-10-5-4-6-11(16-3)12(10)14-9(2)15/h4-6,8H,7,13H2,1-3H3,(H,14,15). The van der Waals surface area contributed by atoms with Crippen LogP contribution < -0.4 is 15.8 Å². The van der Waals surface area contributed by atoms with Crippen molar-refractivity contribution in [2.45, 2.75) is 26.3 Å². The number of hydrogen-bond acceptors (Lipinski definition) is 3. The van der Waals surface area contributed by atoms with Crippen LogP contribution in [0, 0.1) is 0 Å². The molecule has 1 unspecified atom stereocenters. The number of anilines is 1. The number of benzene rings is 1. The summed E-state index contributed by atoms with van der Waals surface area (Å²) in [5, 5.41) is 2.78. The van der Waals surface area contributed by atoms with Gasteiger partial charge in [0, 0.05) is 13.0 Å². The molecule has 16 heavy (non-hydrogen) atoms. The van der Waals surface area contributed by atoms with Crippen molar-refractivity contribution in [3.63, 3.8) is 0 Å². The summed E-state index contributed by atoms with van der Waals surface area (Å²) in [6, 6.07) is 5.69. The Bertz CT molecular complexity index is 375. The molecule has 4 nitrogen and oxygen atoms in total. The van der Waals surface area contributed by atoms with Crippen molar-refractivity contribution >= 4 is 11.6 Å². The summed E-state index contributed by atoms with van der Waals surface area (Å²) in [5.74, 6) is 0.545. The van der Waals surface area contributed by atoms with Crippen molar-refractivity contribution in [3.05, 3.63) is 23.8 Å². The molecule has 0 fully saturated rings. The van der Waals surface area contributed by atoms with Crippen LogP contribution in [-0.4, -0.2) is 19.1 Å². The van der Waals surface area contributed by atoms with Gasteiger partial charge in [0.25, 0.3) is 0 Å². The van der Waals surface area contributed by atoms with Gasteiger partial charge in [0.15, 0.2) is 0 Å². The molecule has 0 aliphatic carbocycles. The van der Waals surface area contributed by atoms with Crippen LogP contribution in [0.3, 0.4) is 0 Å². The molecule has 3 N–H and O–H groups in total. The molecular formula is C12H18N2O2. The molecule has 1 amide bonds. The van der Waals surface area contributed by atoms with E-state index in [1.165, 1.54) is 6.92 Å². The second kappa shape index (κ2) is 5.51. The summed E-state index contributed by atoms with van der Waals surface area (Å²) in [6.07, 6.45) is 0.701. The SMILES string of the molecule is COc1cccc(CC(C)N)c1NC(C)=O. The van der Waals surface area contributed by atoms with E-state index < -0.39 is 0 Å². The Morgan fingerprint density at radius 3 is 2.75 bits per heavy atom. The predicted molar refractivity (Wildman–Crippen MR) is 64.7 cm³/mol.